The molecule has 118 valence electrons. The molecule has 0 saturated carbocycles. The minimum absolute atomic E-state index is 0.579. The summed E-state index contributed by atoms with van der Waals surface area (Å²) < 4.78 is 0. The molecule has 0 atom stereocenters. The van der Waals surface area contributed by atoms with Gasteiger partial charge in [-0.05, 0) is 37.5 Å². The third-order valence-electron chi connectivity index (χ3n) is 4.57. The number of benzene rings is 3. The summed E-state index contributed by atoms with van der Waals surface area (Å²) in [6.45, 7) is 6.33. The second-order valence-electron chi connectivity index (χ2n) is 6.50. The average molecular weight is 310 g/mol. The van der Waals surface area contributed by atoms with Crippen molar-refractivity contribution in [1.29, 1.82) is 0 Å². The van der Waals surface area contributed by atoms with Gasteiger partial charge in [-0.3, -0.25) is 0 Å². The summed E-state index contributed by atoms with van der Waals surface area (Å²) in [5, 5.41) is 0. The lowest BCUT2D eigenvalue weighted by molar-refractivity contribution is 0.806. The van der Waals surface area contributed by atoms with E-state index in [4.69, 9.17) is 6.42 Å². The Kier molecular flexibility index (Phi) is 4.28. The summed E-state index contributed by atoms with van der Waals surface area (Å²) >= 11 is 0. The van der Waals surface area contributed by atoms with Crippen molar-refractivity contribution < 1.29 is 0 Å². The maximum absolute atomic E-state index is 6.20. The molecule has 0 unspecified atom stereocenters. The molecule has 0 nitrogen and oxygen atoms in total. The van der Waals surface area contributed by atoms with Crippen molar-refractivity contribution >= 4 is 0 Å². The Labute approximate surface area is 145 Å². The molecule has 0 aliphatic rings. The number of aryl methyl sites for hydroxylation is 3. The summed E-state index contributed by atoms with van der Waals surface area (Å²) in [5.74, 6) is 3.15. The highest BCUT2D eigenvalue weighted by molar-refractivity contribution is 5.58. The van der Waals surface area contributed by atoms with Crippen molar-refractivity contribution in [3.05, 3.63) is 106 Å². The quantitative estimate of drug-likeness (QED) is 0.437. The standard InChI is InChI=1S/C24H22/c1-5-24(21-12-6-9-18(2)15-21,22-13-7-10-19(3)16-22)23-14-8-11-20(4)17-23/h1,6-17H,2-4H3. The normalized spacial score (nSPS) is 11.1. The van der Waals surface area contributed by atoms with Crippen LogP contribution in [0.1, 0.15) is 33.4 Å². The minimum atomic E-state index is -0.579. The van der Waals surface area contributed by atoms with Crippen LogP contribution in [0.5, 0.6) is 0 Å². The van der Waals surface area contributed by atoms with Crippen LogP contribution >= 0.6 is 0 Å². The highest BCUT2D eigenvalue weighted by Gasteiger charge is 2.34. The lowest BCUT2D eigenvalue weighted by Crippen LogP contribution is -2.27. The molecule has 24 heavy (non-hydrogen) atoms. The van der Waals surface area contributed by atoms with Crippen molar-refractivity contribution in [3.8, 4) is 12.3 Å². The molecule has 0 N–H and O–H groups in total. The van der Waals surface area contributed by atoms with Crippen LogP contribution in [0.25, 0.3) is 0 Å². The molecule has 0 heterocycles. The fourth-order valence-corrected chi connectivity index (χ4v) is 3.38. The third-order valence-corrected chi connectivity index (χ3v) is 4.57. The van der Waals surface area contributed by atoms with Gasteiger partial charge in [0.2, 0.25) is 0 Å². The fourth-order valence-electron chi connectivity index (χ4n) is 3.38. The van der Waals surface area contributed by atoms with Crippen LogP contribution in [-0.2, 0) is 5.41 Å². The molecule has 0 spiro atoms. The zero-order valence-corrected chi connectivity index (χ0v) is 14.5. The number of hydrogen-bond donors (Lipinski definition) is 0. The van der Waals surface area contributed by atoms with Crippen LogP contribution in [0, 0.1) is 33.1 Å². The number of hydrogen-bond acceptors (Lipinski definition) is 0. The Morgan fingerprint density at radius 2 is 0.958 bits per heavy atom. The first-order valence-corrected chi connectivity index (χ1v) is 8.25. The van der Waals surface area contributed by atoms with Crippen LogP contribution in [0.3, 0.4) is 0 Å². The predicted octanol–water partition coefficient (Wildman–Crippen LogP) is 5.58. The highest BCUT2D eigenvalue weighted by atomic mass is 14.3. The van der Waals surface area contributed by atoms with Crippen LogP contribution in [0.4, 0.5) is 0 Å². The molecule has 0 aromatic heterocycles. The fraction of sp³-hybridized carbons (Fsp3) is 0.167. The molecule has 0 aliphatic heterocycles. The Bertz CT molecular complexity index is 798. The van der Waals surface area contributed by atoms with E-state index >= 15 is 0 Å². The van der Waals surface area contributed by atoms with Gasteiger partial charge in [-0.1, -0.05) is 95.4 Å². The third kappa shape index (κ3) is 2.74. The Hall–Kier alpha value is -2.78. The van der Waals surface area contributed by atoms with E-state index in [9.17, 15) is 0 Å². The topological polar surface area (TPSA) is 0 Å². The first-order chi connectivity index (χ1) is 11.6. The molecule has 0 radical (unpaired) electrons. The summed E-state index contributed by atoms with van der Waals surface area (Å²) in [6, 6.07) is 25.6. The average Bonchev–Trinajstić information content (AvgIpc) is 2.56. The maximum atomic E-state index is 6.20. The summed E-state index contributed by atoms with van der Waals surface area (Å²) in [6.07, 6.45) is 6.20. The minimum Gasteiger partial charge on any atom is -0.118 e. The van der Waals surface area contributed by atoms with Crippen molar-refractivity contribution in [2.75, 3.05) is 0 Å². The van der Waals surface area contributed by atoms with Crippen LogP contribution in [0.2, 0.25) is 0 Å². The van der Waals surface area contributed by atoms with Gasteiger partial charge in [-0.15, -0.1) is 6.42 Å². The molecule has 0 saturated heterocycles. The Balaban J connectivity index is 2.38. The summed E-state index contributed by atoms with van der Waals surface area (Å²) in [7, 11) is 0. The van der Waals surface area contributed by atoms with Gasteiger partial charge in [-0.2, -0.15) is 0 Å². The molecular weight excluding hydrogens is 288 g/mol. The molecule has 0 fully saturated rings. The molecule has 3 aromatic rings. The zero-order chi connectivity index (χ0) is 17.2. The molecule has 0 amide bonds. The van der Waals surface area contributed by atoms with Gasteiger partial charge in [0.1, 0.15) is 5.41 Å². The van der Waals surface area contributed by atoms with Crippen LogP contribution < -0.4 is 0 Å². The summed E-state index contributed by atoms with van der Waals surface area (Å²) in [5.41, 5.74) is 6.49. The lowest BCUT2D eigenvalue weighted by Gasteiger charge is -2.31. The largest absolute Gasteiger partial charge is 0.118 e. The number of rotatable bonds is 3. The Morgan fingerprint density at radius 1 is 0.625 bits per heavy atom. The van der Waals surface area contributed by atoms with Gasteiger partial charge >= 0.3 is 0 Å². The van der Waals surface area contributed by atoms with E-state index in [1.807, 2.05) is 0 Å². The second-order valence-corrected chi connectivity index (χ2v) is 6.50. The van der Waals surface area contributed by atoms with Gasteiger partial charge in [0.15, 0.2) is 0 Å². The number of terminal acetylenes is 1. The molecular formula is C24H22. The highest BCUT2D eigenvalue weighted by Crippen LogP contribution is 2.39. The predicted molar refractivity (Wildman–Crippen MR) is 102 cm³/mol. The van der Waals surface area contributed by atoms with Crippen molar-refractivity contribution in [3.63, 3.8) is 0 Å². The molecule has 3 rings (SSSR count). The van der Waals surface area contributed by atoms with Crippen molar-refractivity contribution in [2.24, 2.45) is 0 Å². The van der Waals surface area contributed by atoms with E-state index in [0.717, 1.165) is 16.7 Å². The molecule has 0 bridgehead atoms. The first-order valence-electron chi connectivity index (χ1n) is 8.25. The molecule has 0 aliphatic carbocycles. The van der Waals surface area contributed by atoms with Crippen molar-refractivity contribution in [2.45, 2.75) is 26.2 Å². The van der Waals surface area contributed by atoms with Crippen LogP contribution in [0.15, 0.2) is 72.8 Å². The smallest absolute Gasteiger partial charge is 0.106 e. The Morgan fingerprint density at radius 3 is 1.21 bits per heavy atom. The van der Waals surface area contributed by atoms with Gasteiger partial charge in [0.05, 0.1) is 0 Å². The van der Waals surface area contributed by atoms with Gasteiger partial charge in [0, 0.05) is 0 Å². The second kappa shape index (κ2) is 6.38. The van der Waals surface area contributed by atoms with E-state index in [-0.39, 0.29) is 0 Å². The lowest BCUT2D eigenvalue weighted by atomic mass is 9.69. The van der Waals surface area contributed by atoms with Gasteiger partial charge in [-0.25, -0.2) is 0 Å². The van der Waals surface area contributed by atoms with E-state index in [1.54, 1.807) is 0 Å². The van der Waals surface area contributed by atoms with Gasteiger partial charge in [0.25, 0.3) is 0 Å². The van der Waals surface area contributed by atoms with E-state index < -0.39 is 5.41 Å². The van der Waals surface area contributed by atoms with Crippen LogP contribution in [-0.4, -0.2) is 0 Å². The SMILES string of the molecule is C#CC(c1cccc(C)c1)(c1cccc(C)c1)c1cccc(C)c1. The van der Waals surface area contributed by atoms with Gasteiger partial charge < -0.3 is 0 Å². The first kappa shape index (κ1) is 16.1. The maximum Gasteiger partial charge on any atom is 0.106 e. The molecule has 3 aromatic carbocycles. The van der Waals surface area contributed by atoms with E-state index in [1.165, 1.54) is 16.7 Å². The summed E-state index contributed by atoms with van der Waals surface area (Å²) in [4.78, 5) is 0. The zero-order valence-electron chi connectivity index (χ0n) is 14.5. The van der Waals surface area contributed by atoms with E-state index in [2.05, 4.69) is 99.5 Å². The van der Waals surface area contributed by atoms with Crippen molar-refractivity contribution in [1.82, 2.24) is 0 Å². The monoisotopic (exact) mass is 310 g/mol. The molecule has 0 heteroatoms. The van der Waals surface area contributed by atoms with E-state index in [0.29, 0.717) is 0 Å².